The van der Waals surface area contributed by atoms with Gasteiger partial charge in [0, 0.05) is 51.3 Å². The van der Waals surface area contributed by atoms with Crippen molar-refractivity contribution in [3.8, 4) is 0 Å². The number of aliphatic hydroxyl groups is 1. The molecular formula is C17H29N5O2. The van der Waals surface area contributed by atoms with E-state index >= 15 is 0 Å². The molecule has 24 heavy (non-hydrogen) atoms. The van der Waals surface area contributed by atoms with Gasteiger partial charge in [-0.1, -0.05) is 0 Å². The fourth-order valence-electron chi connectivity index (χ4n) is 3.09. The van der Waals surface area contributed by atoms with Gasteiger partial charge in [0.2, 0.25) is 5.95 Å². The predicted molar refractivity (Wildman–Crippen MR) is 94.9 cm³/mol. The molecule has 7 heteroatoms. The molecule has 0 radical (unpaired) electrons. The van der Waals surface area contributed by atoms with Crippen LogP contribution in [0.5, 0.6) is 0 Å². The van der Waals surface area contributed by atoms with Crippen LogP contribution in [0, 0.1) is 0 Å². The Morgan fingerprint density at radius 2 is 2.08 bits per heavy atom. The smallest absolute Gasteiger partial charge is 0.227 e. The van der Waals surface area contributed by atoms with E-state index in [0.717, 1.165) is 56.7 Å². The van der Waals surface area contributed by atoms with Crippen LogP contribution >= 0.6 is 0 Å². The largest absolute Gasteiger partial charge is 0.389 e. The fourth-order valence-corrected chi connectivity index (χ4v) is 3.09. The van der Waals surface area contributed by atoms with Crippen LogP contribution in [-0.2, 0) is 4.74 Å². The van der Waals surface area contributed by atoms with Crippen molar-refractivity contribution in [2.24, 2.45) is 0 Å². The summed E-state index contributed by atoms with van der Waals surface area (Å²) in [5, 5.41) is 9.60. The molecule has 3 rings (SSSR count). The highest BCUT2D eigenvalue weighted by atomic mass is 16.5. The summed E-state index contributed by atoms with van der Waals surface area (Å²) in [6, 6.07) is 2.12. The summed E-state index contributed by atoms with van der Waals surface area (Å²) in [5.41, 5.74) is 1.07. The number of nitrogens with zero attached hydrogens (tertiary/aromatic N) is 5. The van der Waals surface area contributed by atoms with Gasteiger partial charge in [0.15, 0.2) is 0 Å². The first kappa shape index (κ1) is 17.4. The van der Waals surface area contributed by atoms with Gasteiger partial charge >= 0.3 is 0 Å². The van der Waals surface area contributed by atoms with Crippen molar-refractivity contribution in [1.82, 2.24) is 14.9 Å². The number of β-amino-alcohol motifs (C(OH)–C–C–N with tert-alkyl or cyclic N) is 1. The molecule has 1 atom stereocenters. The van der Waals surface area contributed by atoms with E-state index in [4.69, 9.17) is 14.7 Å². The van der Waals surface area contributed by atoms with Crippen LogP contribution in [0.1, 0.15) is 25.0 Å². The van der Waals surface area contributed by atoms with Gasteiger partial charge in [-0.15, -0.1) is 0 Å². The highest BCUT2D eigenvalue weighted by molar-refractivity contribution is 5.48. The lowest BCUT2D eigenvalue weighted by molar-refractivity contribution is 0.140. The molecule has 0 aromatic carbocycles. The third-order valence-electron chi connectivity index (χ3n) is 4.74. The maximum Gasteiger partial charge on any atom is 0.227 e. The molecule has 3 heterocycles. The Morgan fingerprint density at radius 1 is 1.29 bits per heavy atom. The van der Waals surface area contributed by atoms with Gasteiger partial charge in [-0.2, -0.15) is 4.98 Å². The number of aromatic nitrogens is 2. The lowest BCUT2D eigenvalue weighted by atomic mass is 10.0. The normalized spacial score (nSPS) is 21.4. The Balaban J connectivity index is 1.85. The van der Waals surface area contributed by atoms with Crippen molar-refractivity contribution >= 4 is 11.8 Å². The molecule has 2 fully saturated rings. The molecule has 0 unspecified atom stereocenters. The summed E-state index contributed by atoms with van der Waals surface area (Å²) in [5.74, 6) is 2.07. The molecule has 0 bridgehead atoms. The number of hydrogen-bond acceptors (Lipinski definition) is 7. The van der Waals surface area contributed by atoms with E-state index in [1.165, 1.54) is 0 Å². The molecule has 0 aliphatic carbocycles. The van der Waals surface area contributed by atoms with Crippen molar-refractivity contribution in [3.05, 3.63) is 11.8 Å². The first-order chi connectivity index (χ1) is 11.6. The molecule has 134 valence electrons. The van der Waals surface area contributed by atoms with Crippen molar-refractivity contribution in [1.29, 1.82) is 0 Å². The summed E-state index contributed by atoms with van der Waals surface area (Å²) < 4.78 is 5.54. The van der Waals surface area contributed by atoms with Crippen LogP contribution in [0.4, 0.5) is 11.8 Å². The molecule has 7 nitrogen and oxygen atoms in total. The van der Waals surface area contributed by atoms with E-state index in [0.29, 0.717) is 19.0 Å². The van der Waals surface area contributed by atoms with Crippen LogP contribution in [-0.4, -0.2) is 86.1 Å². The second-order valence-corrected chi connectivity index (χ2v) is 6.95. The molecule has 0 amide bonds. The molecule has 1 N–H and O–H groups in total. The summed E-state index contributed by atoms with van der Waals surface area (Å²) >= 11 is 0. The highest BCUT2D eigenvalue weighted by Gasteiger charge is 2.29. The fraction of sp³-hybridized carbons (Fsp3) is 0.765. The molecule has 2 aliphatic rings. The zero-order chi connectivity index (χ0) is 17.1. The van der Waals surface area contributed by atoms with E-state index < -0.39 is 0 Å². The zero-order valence-electron chi connectivity index (χ0n) is 15.0. The van der Waals surface area contributed by atoms with Crippen LogP contribution in [0.15, 0.2) is 6.07 Å². The molecule has 2 saturated heterocycles. The first-order valence-corrected chi connectivity index (χ1v) is 8.86. The summed E-state index contributed by atoms with van der Waals surface area (Å²) in [6.07, 6.45) is 0.758. The van der Waals surface area contributed by atoms with Crippen LogP contribution in [0.25, 0.3) is 0 Å². The van der Waals surface area contributed by atoms with Crippen LogP contribution < -0.4 is 9.80 Å². The maximum atomic E-state index is 9.60. The van der Waals surface area contributed by atoms with Crippen LogP contribution in [0.2, 0.25) is 0 Å². The van der Waals surface area contributed by atoms with E-state index in [-0.39, 0.29) is 6.10 Å². The monoisotopic (exact) mass is 335 g/mol. The molecule has 0 saturated carbocycles. The van der Waals surface area contributed by atoms with Gasteiger partial charge in [0.05, 0.1) is 18.4 Å². The second kappa shape index (κ2) is 7.63. The summed E-state index contributed by atoms with van der Waals surface area (Å²) in [6.45, 7) is 7.77. The van der Waals surface area contributed by atoms with Gasteiger partial charge in [-0.05, 0) is 27.4 Å². The molecule has 1 aromatic heterocycles. The van der Waals surface area contributed by atoms with E-state index in [1.54, 1.807) is 0 Å². The zero-order valence-corrected chi connectivity index (χ0v) is 15.0. The van der Waals surface area contributed by atoms with Crippen molar-refractivity contribution in [3.63, 3.8) is 0 Å². The van der Waals surface area contributed by atoms with Gasteiger partial charge in [0.25, 0.3) is 0 Å². The Bertz CT molecular complexity index is 542. The first-order valence-electron chi connectivity index (χ1n) is 8.86. The van der Waals surface area contributed by atoms with Crippen molar-refractivity contribution in [2.45, 2.75) is 25.4 Å². The number of aliphatic hydroxyl groups excluding tert-OH is 1. The Hall–Kier alpha value is -1.44. The lowest BCUT2D eigenvalue weighted by Crippen LogP contribution is -2.51. The third kappa shape index (κ3) is 3.96. The minimum Gasteiger partial charge on any atom is -0.389 e. The summed E-state index contributed by atoms with van der Waals surface area (Å²) in [7, 11) is 4.17. The SMILES string of the molecule is CCN(CCN(C)C)c1cc([C@H]2CCOC2)nc(N2CC(O)C2)n1. The number of likely N-dealkylation sites (N-methyl/N-ethyl adjacent to an activating group) is 2. The van der Waals surface area contributed by atoms with Gasteiger partial charge in [-0.25, -0.2) is 4.98 Å². The van der Waals surface area contributed by atoms with Gasteiger partial charge in [-0.3, -0.25) is 0 Å². The number of anilines is 2. The molecule has 0 spiro atoms. The highest BCUT2D eigenvalue weighted by Crippen LogP contribution is 2.29. The van der Waals surface area contributed by atoms with Gasteiger partial charge in [0.1, 0.15) is 5.82 Å². The minimum absolute atomic E-state index is 0.258. The molecule has 2 aliphatic heterocycles. The Labute approximate surface area is 144 Å². The number of rotatable bonds is 7. The van der Waals surface area contributed by atoms with Crippen molar-refractivity contribution < 1.29 is 9.84 Å². The Kier molecular flexibility index (Phi) is 5.53. The minimum atomic E-state index is -0.258. The number of hydrogen-bond donors (Lipinski definition) is 1. The molecule has 1 aromatic rings. The number of ether oxygens (including phenoxy) is 1. The second-order valence-electron chi connectivity index (χ2n) is 6.95. The lowest BCUT2D eigenvalue weighted by Gasteiger charge is -2.36. The average Bonchev–Trinajstić information content (AvgIpc) is 3.06. The average molecular weight is 335 g/mol. The molecular weight excluding hydrogens is 306 g/mol. The Morgan fingerprint density at radius 3 is 2.67 bits per heavy atom. The standard InChI is InChI=1S/C17H29N5O2/c1-4-21(7-6-20(2)3)16-9-15(13-5-8-24-12-13)18-17(19-16)22-10-14(23)11-22/h9,13-14,23H,4-8,10-12H2,1-3H3/t13-/m0/s1. The third-order valence-corrected chi connectivity index (χ3v) is 4.74. The van der Waals surface area contributed by atoms with E-state index in [1.807, 2.05) is 4.90 Å². The quantitative estimate of drug-likeness (QED) is 0.780. The van der Waals surface area contributed by atoms with Crippen LogP contribution in [0.3, 0.4) is 0 Å². The van der Waals surface area contributed by atoms with Gasteiger partial charge < -0.3 is 24.5 Å². The van der Waals surface area contributed by atoms with Crippen molar-refractivity contribution in [2.75, 3.05) is 69.8 Å². The van der Waals surface area contributed by atoms with E-state index in [9.17, 15) is 5.11 Å². The van der Waals surface area contributed by atoms with E-state index in [2.05, 4.69) is 36.9 Å². The topological polar surface area (TPSA) is 65.0 Å². The summed E-state index contributed by atoms with van der Waals surface area (Å²) in [4.78, 5) is 16.1. The maximum absolute atomic E-state index is 9.60. The predicted octanol–water partition coefficient (Wildman–Crippen LogP) is 0.549.